The highest BCUT2D eigenvalue weighted by Gasteiger charge is 2.23. The molecule has 0 atom stereocenters. The Morgan fingerprint density at radius 3 is 2.45 bits per heavy atom. The Kier molecular flexibility index (Phi) is 7.72. The van der Waals surface area contributed by atoms with Crippen LogP contribution in [0.1, 0.15) is 36.5 Å². The maximum absolute atomic E-state index is 12.8. The molecule has 2 amide bonds. The Labute approximate surface area is 197 Å². The van der Waals surface area contributed by atoms with Crippen LogP contribution >= 0.6 is 11.6 Å². The van der Waals surface area contributed by atoms with Gasteiger partial charge in [0.05, 0.1) is 26.5 Å². The number of amides is 2. The van der Waals surface area contributed by atoms with Crippen LogP contribution in [0.2, 0.25) is 5.02 Å². The van der Waals surface area contributed by atoms with Gasteiger partial charge in [0, 0.05) is 33.0 Å². The standard InChI is InChI=1S/C22H26ClN5O4S/c1-4-28(5-2)33(31,32)15-10-11-19-18(14-15)24-20(27(19)3)12-13-21(29)25-26-22(30)16-8-6-7-9-17(16)23/h6-11,14H,4-5,12-13H2,1-3H3,(H,25,29)(H,26,30). The van der Waals surface area contributed by atoms with Crippen molar-refractivity contribution in [1.29, 1.82) is 0 Å². The van der Waals surface area contributed by atoms with Gasteiger partial charge in [-0.2, -0.15) is 4.31 Å². The second-order valence-corrected chi connectivity index (χ2v) is 9.65. The quantitative estimate of drug-likeness (QED) is 0.470. The molecule has 3 rings (SSSR count). The average molecular weight is 492 g/mol. The molecule has 33 heavy (non-hydrogen) atoms. The minimum Gasteiger partial charge on any atom is -0.331 e. The zero-order chi connectivity index (χ0) is 24.2. The Hall–Kier alpha value is -2.95. The number of aryl methyl sites for hydroxylation is 2. The first-order valence-electron chi connectivity index (χ1n) is 10.5. The maximum atomic E-state index is 12.8. The molecule has 0 bridgehead atoms. The van der Waals surface area contributed by atoms with Crippen molar-refractivity contribution >= 4 is 44.5 Å². The molecule has 0 saturated heterocycles. The summed E-state index contributed by atoms with van der Waals surface area (Å²) in [7, 11) is -1.79. The highest BCUT2D eigenvalue weighted by molar-refractivity contribution is 7.89. The zero-order valence-corrected chi connectivity index (χ0v) is 20.2. The number of sulfonamides is 1. The number of hydrogen-bond donors (Lipinski definition) is 2. The Balaban J connectivity index is 1.67. The van der Waals surface area contributed by atoms with Crippen LogP contribution < -0.4 is 10.9 Å². The van der Waals surface area contributed by atoms with Crippen molar-refractivity contribution in [2.24, 2.45) is 7.05 Å². The molecule has 2 N–H and O–H groups in total. The lowest BCUT2D eigenvalue weighted by Gasteiger charge is -2.18. The summed E-state index contributed by atoms with van der Waals surface area (Å²) < 4.78 is 28.8. The number of carbonyl (C=O) groups is 2. The van der Waals surface area contributed by atoms with Crippen LogP contribution in [0, 0.1) is 0 Å². The number of nitrogens with one attached hydrogen (secondary N) is 2. The fourth-order valence-electron chi connectivity index (χ4n) is 3.45. The minimum absolute atomic E-state index is 0.0740. The van der Waals surface area contributed by atoms with E-state index in [-0.39, 0.29) is 21.9 Å². The van der Waals surface area contributed by atoms with Gasteiger partial charge in [-0.3, -0.25) is 20.4 Å². The molecular formula is C22H26ClN5O4S. The number of fused-ring (bicyclic) bond motifs is 1. The van der Waals surface area contributed by atoms with E-state index in [1.54, 1.807) is 63.4 Å². The molecule has 1 heterocycles. The number of hydrazine groups is 1. The largest absolute Gasteiger partial charge is 0.331 e. The third kappa shape index (κ3) is 5.35. The van der Waals surface area contributed by atoms with Crippen molar-refractivity contribution in [1.82, 2.24) is 24.7 Å². The van der Waals surface area contributed by atoms with Crippen molar-refractivity contribution in [3.05, 3.63) is 58.9 Å². The fraction of sp³-hybridized carbons (Fsp3) is 0.318. The van der Waals surface area contributed by atoms with Gasteiger partial charge < -0.3 is 4.57 Å². The molecular weight excluding hydrogens is 466 g/mol. The molecule has 1 aromatic heterocycles. The molecule has 0 radical (unpaired) electrons. The summed E-state index contributed by atoms with van der Waals surface area (Å²) in [5, 5.41) is 0.284. The summed E-state index contributed by atoms with van der Waals surface area (Å²) >= 11 is 5.98. The number of hydrogen-bond acceptors (Lipinski definition) is 5. The SMILES string of the molecule is CCN(CC)S(=O)(=O)c1ccc2c(c1)nc(CCC(=O)NNC(=O)c1ccccc1Cl)n2C. The normalized spacial score (nSPS) is 11.7. The minimum atomic E-state index is -3.59. The highest BCUT2D eigenvalue weighted by atomic mass is 35.5. The van der Waals surface area contributed by atoms with Crippen LogP contribution in [0.3, 0.4) is 0 Å². The van der Waals surface area contributed by atoms with Gasteiger partial charge in [0.15, 0.2) is 0 Å². The lowest BCUT2D eigenvalue weighted by molar-refractivity contribution is -0.121. The summed E-state index contributed by atoms with van der Waals surface area (Å²) in [4.78, 5) is 29.1. The number of halogens is 1. The van der Waals surface area contributed by atoms with Crippen molar-refractivity contribution < 1.29 is 18.0 Å². The molecule has 0 spiro atoms. The first kappa shape index (κ1) is 24.7. The van der Waals surface area contributed by atoms with Crippen molar-refractivity contribution in [3.63, 3.8) is 0 Å². The smallest absolute Gasteiger partial charge is 0.271 e. The van der Waals surface area contributed by atoms with Gasteiger partial charge in [-0.1, -0.05) is 37.6 Å². The van der Waals surface area contributed by atoms with Crippen LogP contribution in [-0.2, 0) is 28.3 Å². The highest BCUT2D eigenvalue weighted by Crippen LogP contribution is 2.23. The Morgan fingerprint density at radius 1 is 1.09 bits per heavy atom. The molecule has 176 valence electrons. The van der Waals surface area contributed by atoms with Crippen molar-refractivity contribution in [2.45, 2.75) is 31.6 Å². The van der Waals surface area contributed by atoms with E-state index < -0.39 is 21.8 Å². The molecule has 3 aromatic rings. The first-order chi connectivity index (χ1) is 15.7. The Bertz CT molecular complexity index is 1290. The van der Waals surface area contributed by atoms with Gasteiger partial charge >= 0.3 is 0 Å². The molecule has 11 heteroatoms. The van der Waals surface area contributed by atoms with Crippen molar-refractivity contribution in [2.75, 3.05) is 13.1 Å². The van der Waals surface area contributed by atoms with Crippen LogP contribution in [0.25, 0.3) is 11.0 Å². The summed E-state index contributed by atoms with van der Waals surface area (Å²) in [6.07, 6.45) is 0.377. The molecule has 0 aliphatic rings. The summed E-state index contributed by atoms with van der Waals surface area (Å²) in [5.41, 5.74) is 6.26. The Morgan fingerprint density at radius 2 is 1.79 bits per heavy atom. The molecule has 0 aliphatic carbocycles. The lowest BCUT2D eigenvalue weighted by atomic mass is 10.2. The van der Waals surface area contributed by atoms with Crippen LogP contribution in [0.4, 0.5) is 0 Å². The van der Waals surface area contributed by atoms with Crippen LogP contribution in [0.15, 0.2) is 47.4 Å². The van der Waals surface area contributed by atoms with Gasteiger partial charge in [0.25, 0.3) is 5.91 Å². The summed E-state index contributed by atoms with van der Waals surface area (Å²) in [6.45, 7) is 4.35. The van der Waals surface area contributed by atoms with E-state index in [1.807, 2.05) is 4.57 Å². The average Bonchev–Trinajstić information content (AvgIpc) is 3.12. The molecule has 0 fully saturated rings. The third-order valence-electron chi connectivity index (χ3n) is 5.30. The van der Waals surface area contributed by atoms with E-state index in [9.17, 15) is 18.0 Å². The molecule has 2 aromatic carbocycles. The second-order valence-electron chi connectivity index (χ2n) is 7.31. The summed E-state index contributed by atoms with van der Waals surface area (Å²) in [5.74, 6) is -0.291. The zero-order valence-electron chi connectivity index (χ0n) is 18.6. The van der Waals surface area contributed by atoms with Crippen LogP contribution in [0.5, 0.6) is 0 Å². The van der Waals surface area contributed by atoms with Gasteiger partial charge in [-0.25, -0.2) is 13.4 Å². The van der Waals surface area contributed by atoms with Gasteiger partial charge in [0.2, 0.25) is 15.9 Å². The number of carbonyl (C=O) groups excluding carboxylic acids is 2. The van der Waals surface area contributed by atoms with E-state index >= 15 is 0 Å². The lowest BCUT2D eigenvalue weighted by Crippen LogP contribution is -2.41. The summed E-state index contributed by atoms with van der Waals surface area (Å²) in [6, 6.07) is 11.4. The van der Waals surface area contributed by atoms with E-state index in [0.29, 0.717) is 30.9 Å². The number of aromatic nitrogens is 2. The topological polar surface area (TPSA) is 113 Å². The molecule has 0 saturated carbocycles. The van der Waals surface area contributed by atoms with E-state index in [4.69, 9.17) is 11.6 Å². The second kappa shape index (κ2) is 10.3. The molecule has 9 nitrogen and oxygen atoms in total. The number of rotatable bonds is 8. The molecule has 0 unspecified atom stereocenters. The number of benzene rings is 2. The van der Waals surface area contributed by atoms with E-state index in [1.165, 1.54) is 4.31 Å². The monoisotopic (exact) mass is 491 g/mol. The predicted octanol–water partition coefficient (Wildman–Crippen LogP) is 2.65. The number of nitrogens with zero attached hydrogens (tertiary/aromatic N) is 3. The maximum Gasteiger partial charge on any atom is 0.271 e. The van der Waals surface area contributed by atoms with E-state index in [0.717, 1.165) is 5.52 Å². The predicted molar refractivity (Wildman–Crippen MR) is 126 cm³/mol. The molecule has 0 aliphatic heterocycles. The van der Waals surface area contributed by atoms with Crippen LogP contribution in [-0.4, -0.2) is 47.2 Å². The first-order valence-corrected chi connectivity index (χ1v) is 12.3. The van der Waals surface area contributed by atoms with Crippen molar-refractivity contribution in [3.8, 4) is 0 Å². The fourth-order valence-corrected chi connectivity index (χ4v) is 5.15. The van der Waals surface area contributed by atoms with Gasteiger partial charge in [-0.15, -0.1) is 0 Å². The van der Waals surface area contributed by atoms with Gasteiger partial charge in [0.1, 0.15) is 5.82 Å². The van der Waals surface area contributed by atoms with Gasteiger partial charge in [-0.05, 0) is 30.3 Å². The third-order valence-corrected chi connectivity index (χ3v) is 7.67. The van der Waals surface area contributed by atoms with E-state index in [2.05, 4.69) is 15.8 Å². The number of imidazole rings is 1.